The summed E-state index contributed by atoms with van der Waals surface area (Å²) in [7, 11) is 0. The summed E-state index contributed by atoms with van der Waals surface area (Å²) in [5.41, 5.74) is 0.347. The second kappa shape index (κ2) is 4.57. The Balaban J connectivity index is 2.40. The van der Waals surface area contributed by atoms with Crippen molar-refractivity contribution in [2.45, 2.75) is 0 Å². The quantitative estimate of drug-likeness (QED) is 0.668. The van der Waals surface area contributed by atoms with E-state index in [2.05, 4.69) is 9.97 Å². The lowest BCUT2D eigenvalue weighted by Gasteiger charge is -1.94. The molecule has 0 bridgehead atoms. The fourth-order valence-corrected chi connectivity index (χ4v) is 1.90. The first-order chi connectivity index (χ1) is 9.25. The maximum atomic E-state index is 14.1. The molecule has 0 aliphatic rings. The number of hydrogen-bond acceptors (Lipinski definition) is 3. The second-order valence-corrected chi connectivity index (χ2v) is 4.05. The van der Waals surface area contributed by atoms with Crippen LogP contribution in [0.5, 0.6) is 0 Å². The molecule has 0 fully saturated rings. The standard InChI is InChI=1S/C15H9FN2O/c16-14-11-8-4-5-9-12(11)17-15(19)13(18-14)10-6-2-1-3-7-10/h1-9H. The summed E-state index contributed by atoms with van der Waals surface area (Å²) in [5.74, 6) is -0.691. The van der Waals surface area contributed by atoms with Crippen LogP contribution in [0.3, 0.4) is 0 Å². The van der Waals surface area contributed by atoms with Gasteiger partial charge in [0, 0.05) is 5.56 Å². The third kappa shape index (κ3) is 2.08. The minimum Gasteiger partial charge on any atom is -0.265 e. The Bertz CT molecular complexity index is 803. The summed E-state index contributed by atoms with van der Waals surface area (Å²) >= 11 is 0. The van der Waals surface area contributed by atoms with Gasteiger partial charge in [-0.3, -0.25) is 4.79 Å². The molecule has 92 valence electrons. The average Bonchev–Trinajstić information content (AvgIpc) is 2.57. The van der Waals surface area contributed by atoms with Crippen LogP contribution in [0.2, 0.25) is 0 Å². The van der Waals surface area contributed by atoms with Crippen molar-refractivity contribution >= 4 is 10.9 Å². The highest BCUT2D eigenvalue weighted by atomic mass is 19.1. The van der Waals surface area contributed by atoms with E-state index in [4.69, 9.17) is 0 Å². The maximum absolute atomic E-state index is 14.1. The van der Waals surface area contributed by atoms with Gasteiger partial charge in [0.25, 0.3) is 5.56 Å². The number of rotatable bonds is 1. The van der Waals surface area contributed by atoms with E-state index in [1.54, 1.807) is 48.5 Å². The average molecular weight is 252 g/mol. The van der Waals surface area contributed by atoms with Crippen LogP contribution in [0.4, 0.5) is 4.39 Å². The summed E-state index contributed by atoms with van der Waals surface area (Å²) in [6.45, 7) is 0. The Kier molecular flexibility index (Phi) is 2.76. The molecular weight excluding hydrogens is 243 g/mol. The van der Waals surface area contributed by atoms with Crippen molar-refractivity contribution in [2.24, 2.45) is 0 Å². The fourth-order valence-electron chi connectivity index (χ4n) is 1.90. The maximum Gasteiger partial charge on any atom is 0.296 e. The third-order valence-corrected chi connectivity index (χ3v) is 2.81. The van der Waals surface area contributed by atoms with Gasteiger partial charge < -0.3 is 0 Å². The highest BCUT2D eigenvalue weighted by molar-refractivity contribution is 5.78. The molecule has 0 spiro atoms. The highest BCUT2D eigenvalue weighted by Crippen LogP contribution is 2.16. The van der Waals surface area contributed by atoms with Crippen molar-refractivity contribution in [2.75, 3.05) is 0 Å². The van der Waals surface area contributed by atoms with Crippen LogP contribution in [-0.2, 0) is 0 Å². The van der Waals surface area contributed by atoms with E-state index >= 15 is 0 Å². The summed E-state index contributed by atoms with van der Waals surface area (Å²) < 4.78 is 14.1. The van der Waals surface area contributed by atoms with E-state index in [1.807, 2.05) is 6.07 Å². The van der Waals surface area contributed by atoms with E-state index in [9.17, 15) is 9.18 Å². The minimum absolute atomic E-state index is 0.0225. The zero-order chi connectivity index (χ0) is 13.2. The van der Waals surface area contributed by atoms with E-state index in [0.717, 1.165) is 0 Å². The SMILES string of the molecule is O=c1nc2ccccc2c(F)nc1-c1ccccc1. The zero-order valence-corrected chi connectivity index (χ0v) is 9.88. The van der Waals surface area contributed by atoms with E-state index < -0.39 is 11.5 Å². The largest absolute Gasteiger partial charge is 0.296 e. The van der Waals surface area contributed by atoms with Gasteiger partial charge in [0.1, 0.15) is 5.69 Å². The highest BCUT2D eigenvalue weighted by Gasteiger charge is 2.09. The van der Waals surface area contributed by atoms with Gasteiger partial charge in [-0.05, 0) is 12.1 Å². The van der Waals surface area contributed by atoms with Crippen molar-refractivity contribution in [1.82, 2.24) is 9.97 Å². The van der Waals surface area contributed by atoms with Crippen LogP contribution in [0.15, 0.2) is 59.4 Å². The summed E-state index contributed by atoms with van der Waals surface area (Å²) in [4.78, 5) is 19.8. The molecule has 0 saturated carbocycles. The predicted molar refractivity (Wildman–Crippen MR) is 71.2 cm³/mol. The topological polar surface area (TPSA) is 42.9 Å². The Morgan fingerprint density at radius 3 is 2.32 bits per heavy atom. The van der Waals surface area contributed by atoms with Gasteiger partial charge in [0.05, 0.1) is 10.9 Å². The molecule has 3 aromatic rings. The molecule has 3 rings (SSSR count). The number of nitrogens with zero attached hydrogens (tertiary/aromatic N) is 2. The van der Waals surface area contributed by atoms with E-state index in [1.165, 1.54) is 0 Å². The van der Waals surface area contributed by atoms with Crippen LogP contribution in [-0.4, -0.2) is 9.97 Å². The first-order valence-corrected chi connectivity index (χ1v) is 5.78. The molecule has 4 heteroatoms. The van der Waals surface area contributed by atoms with Gasteiger partial charge in [-0.2, -0.15) is 4.39 Å². The molecule has 0 amide bonds. The molecule has 0 aliphatic carbocycles. The van der Waals surface area contributed by atoms with Gasteiger partial charge in [0.2, 0.25) is 5.95 Å². The Morgan fingerprint density at radius 2 is 1.53 bits per heavy atom. The van der Waals surface area contributed by atoms with Crippen molar-refractivity contribution in [3.8, 4) is 11.3 Å². The van der Waals surface area contributed by atoms with Crippen LogP contribution in [0.25, 0.3) is 22.2 Å². The molecule has 1 heterocycles. The van der Waals surface area contributed by atoms with Crippen LogP contribution in [0.1, 0.15) is 0 Å². The normalized spacial score (nSPS) is 10.6. The van der Waals surface area contributed by atoms with Crippen molar-refractivity contribution in [3.05, 3.63) is 70.9 Å². The molecule has 0 aliphatic heterocycles. The molecule has 0 saturated heterocycles. The van der Waals surface area contributed by atoms with Gasteiger partial charge in [-0.15, -0.1) is 0 Å². The summed E-state index contributed by atoms with van der Waals surface area (Å²) in [6, 6.07) is 15.3. The Labute approximate surface area is 108 Å². The molecule has 19 heavy (non-hydrogen) atoms. The van der Waals surface area contributed by atoms with Gasteiger partial charge in [-0.1, -0.05) is 42.5 Å². The number of hydrogen-bond donors (Lipinski definition) is 0. The number of para-hydroxylation sites is 1. The number of aromatic nitrogens is 2. The lowest BCUT2D eigenvalue weighted by atomic mass is 10.2. The number of benzene rings is 2. The van der Waals surface area contributed by atoms with Gasteiger partial charge in [-0.25, -0.2) is 9.97 Å². The van der Waals surface area contributed by atoms with Crippen molar-refractivity contribution in [1.29, 1.82) is 0 Å². The van der Waals surface area contributed by atoms with Crippen molar-refractivity contribution in [3.63, 3.8) is 0 Å². The molecule has 1 aromatic heterocycles. The summed E-state index contributed by atoms with van der Waals surface area (Å²) in [5, 5.41) is 0.238. The van der Waals surface area contributed by atoms with Crippen LogP contribution in [0, 0.1) is 5.95 Å². The molecule has 2 aromatic carbocycles. The summed E-state index contributed by atoms with van der Waals surface area (Å²) in [6.07, 6.45) is 0. The van der Waals surface area contributed by atoms with E-state index in [-0.39, 0.29) is 11.1 Å². The lowest BCUT2D eigenvalue weighted by molar-refractivity contribution is 0.599. The first-order valence-electron chi connectivity index (χ1n) is 5.78. The predicted octanol–water partition coefficient (Wildman–Crippen LogP) is 2.80. The molecule has 3 nitrogen and oxygen atoms in total. The second-order valence-electron chi connectivity index (χ2n) is 4.05. The zero-order valence-electron chi connectivity index (χ0n) is 9.88. The van der Waals surface area contributed by atoms with Crippen LogP contribution >= 0.6 is 0 Å². The fraction of sp³-hybridized carbons (Fsp3) is 0. The Hall–Kier alpha value is -2.62. The molecule has 0 N–H and O–H groups in total. The number of halogens is 1. The molecule has 0 atom stereocenters. The van der Waals surface area contributed by atoms with Gasteiger partial charge >= 0.3 is 0 Å². The van der Waals surface area contributed by atoms with Crippen molar-refractivity contribution < 1.29 is 4.39 Å². The first kappa shape index (κ1) is 11.5. The van der Waals surface area contributed by atoms with Crippen LogP contribution < -0.4 is 5.56 Å². The molecular formula is C15H9FN2O. The number of fused-ring (bicyclic) bond motifs is 1. The molecule has 0 unspecified atom stereocenters. The van der Waals surface area contributed by atoms with E-state index in [0.29, 0.717) is 11.1 Å². The smallest absolute Gasteiger partial charge is 0.265 e. The third-order valence-electron chi connectivity index (χ3n) is 2.81. The monoisotopic (exact) mass is 252 g/mol. The minimum atomic E-state index is -0.691. The molecule has 0 radical (unpaired) electrons. The Morgan fingerprint density at radius 1 is 0.842 bits per heavy atom. The van der Waals surface area contributed by atoms with Gasteiger partial charge in [0.15, 0.2) is 0 Å². The lowest BCUT2D eigenvalue weighted by Crippen LogP contribution is -2.06.